The number of hydrogen-bond acceptors (Lipinski definition) is 2. The third kappa shape index (κ3) is 3.74. The monoisotopic (exact) mass is 295 g/mol. The highest BCUT2D eigenvalue weighted by Gasteiger charge is 2.45. The van der Waals surface area contributed by atoms with Gasteiger partial charge < -0.3 is 4.43 Å². The maximum Gasteiger partial charge on any atom is 0.192 e. The molecule has 2 atom stereocenters. The van der Waals surface area contributed by atoms with E-state index in [0.717, 1.165) is 25.0 Å². The summed E-state index contributed by atoms with van der Waals surface area (Å²) in [6, 6.07) is 0. The van der Waals surface area contributed by atoms with Crippen molar-refractivity contribution in [1.82, 2.24) is 4.90 Å². The van der Waals surface area contributed by atoms with E-state index < -0.39 is 8.32 Å². The Kier molecular flexibility index (Phi) is 4.54. The van der Waals surface area contributed by atoms with Crippen molar-refractivity contribution in [2.75, 3.05) is 26.2 Å². The van der Waals surface area contributed by atoms with Crippen LogP contribution in [-0.2, 0) is 4.43 Å². The molecule has 0 aromatic heterocycles. The first-order valence-corrected chi connectivity index (χ1v) is 11.0. The predicted molar refractivity (Wildman–Crippen MR) is 89.6 cm³/mol. The normalized spacial score (nSPS) is 26.6. The van der Waals surface area contributed by atoms with Gasteiger partial charge in [-0.1, -0.05) is 26.3 Å². The van der Waals surface area contributed by atoms with Gasteiger partial charge in [0.25, 0.3) is 0 Å². The summed E-state index contributed by atoms with van der Waals surface area (Å²) in [5, 5.41) is 0.301. The molecule has 0 aromatic carbocycles. The molecular weight excluding hydrogens is 262 g/mol. The summed E-state index contributed by atoms with van der Waals surface area (Å²) in [4.78, 5) is 2.64. The quantitative estimate of drug-likeness (QED) is 0.554. The molecule has 2 fully saturated rings. The minimum Gasteiger partial charge on any atom is -0.413 e. The third-order valence-corrected chi connectivity index (χ3v) is 10.1. The molecule has 1 aliphatic carbocycles. The van der Waals surface area contributed by atoms with Crippen LogP contribution in [0.25, 0.3) is 0 Å². The second-order valence-corrected chi connectivity index (χ2v) is 13.4. The number of likely N-dealkylation sites (tertiary alicyclic amines) is 1. The smallest absolute Gasteiger partial charge is 0.192 e. The van der Waals surface area contributed by atoms with Crippen LogP contribution >= 0.6 is 0 Å². The van der Waals surface area contributed by atoms with Crippen molar-refractivity contribution in [2.45, 2.75) is 59.2 Å². The second-order valence-electron chi connectivity index (χ2n) is 8.60. The molecule has 3 heteroatoms. The molecule has 2 nitrogen and oxygen atoms in total. The molecule has 0 spiro atoms. The minimum absolute atomic E-state index is 0.301. The lowest BCUT2D eigenvalue weighted by atomic mass is 10.1. The molecule has 0 bridgehead atoms. The van der Waals surface area contributed by atoms with E-state index in [1.54, 1.807) is 0 Å². The summed E-state index contributed by atoms with van der Waals surface area (Å²) >= 11 is 0. The number of rotatable bonds is 5. The number of nitrogens with zero attached hydrogens (tertiary/aromatic N) is 1. The van der Waals surface area contributed by atoms with Gasteiger partial charge in [-0.05, 0) is 55.8 Å². The lowest BCUT2D eigenvalue weighted by Gasteiger charge is -2.37. The van der Waals surface area contributed by atoms with E-state index in [-0.39, 0.29) is 0 Å². The van der Waals surface area contributed by atoms with Gasteiger partial charge in [-0.2, -0.15) is 0 Å². The zero-order chi connectivity index (χ0) is 15.1. The average molecular weight is 296 g/mol. The van der Waals surface area contributed by atoms with Crippen LogP contribution < -0.4 is 0 Å². The zero-order valence-electron chi connectivity index (χ0n) is 14.5. The van der Waals surface area contributed by atoms with Crippen LogP contribution in [0.15, 0.2) is 11.1 Å². The fourth-order valence-corrected chi connectivity index (χ4v) is 3.69. The van der Waals surface area contributed by atoms with Crippen molar-refractivity contribution in [3.05, 3.63) is 11.1 Å². The molecule has 0 radical (unpaired) electrons. The number of fused-ring (bicyclic) bond motifs is 1. The van der Waals surface area contributed by atoms with Crippen molar-refractivity contribution in [2.24, 2.45) is 11.8 Å². The lowest BCUT2D eigenvalue weighted by Crippen LogP contribution is -2.41. The summed E-state index contributed by atoms with van der Waals surface area (Å²) in [5.41, 5.74) is 2.96. The van der Waals surface area contributed by atoms with E-state index in [1.807, 2.05) is 0 Å². The zero-order valence-corrected chi connectivity index (χ0v) is 15.5. The van der Waals surface area contributed by atoms with Gasteiger partial charge in [0.15, 0.2) is 8.32 Å². The topological polar surface area (TPSA) is 12.5 Å². The van der Waals surface area contributed by atoms with Gasteiger partial charge in [0.2, 0.25) is 0 Å². The van der Waals surface area contributed by atoms with Crippen molar-refractivity contribution in [3.8, 4) is 0 Å². The van der Waals surface area contributed by atoms with E-state index in [2.05, 4.69) is 52.6 Å². The van der Waals surface area contributed by atoms with Crippen molar-refractivity contribution in [1.29, 1.82) is 0 Å². The molecule has 0 N–H and O–H groups in total. The Morgan fingerprint density at radius 1 is 1.15 bits per heavy atom. The summed E-state index contributed by atoms with van der Waals surface area (Å²) < 4.78 is 6.42. The fraction of sp³-hybridized carbons (Fsp3) is 0.882. The molecule has 2 aliphatic rings. The number of allylic oxidation sites excluding steroid dienone is 1. The van der Waals surface area contributed by atoms with Gasteiger partial charge in [0.1, 0.15) is 0 Å². The minimum atomic E-state index is -1.63. The predicted octanol–water partition coefficient (Wildman–Crippen LogP) is 4.30. The van der Waals surface area contributed by atoms with Gasteiger partial charge in [-0.15, -0.1) is 0 Å². The Hall–Kier alpha value is -0.123. The lowest BCUT2D eigenvalue weighted by molar-refractivity contribution is 0.281. The standard InChI is InChI=1S/C17H33NOSi/c1-13(2)16(11-18-9-14-8-15(14)10-18)12-19-20(6,7)17(3,4)5/h14-15H,8-12H2,1-7H3. The summed E-state index contributed by atoms with van der Waals surface area (Å²) in [5.74, 6) is 2.05. The van der Waals surface area contributed by atoms with Gasteiger partial charge >= 0.3 is 0 Å². The molecule has 0 amide bonds. The van der Waals surface area contributed by atoms with Crippen LogP contribution in [0.3, 0.4) is 0 Å². The summed E-state index contributed by atoms with van der Waals surface area (Å²) in [7, 11) is -1.63. The van der Waals surface area contributed by atoms with E-state index in [0.29, 0.717) is 5.04 Å². The van der Waals surface area contributed by atoms with Crippen molar-refractivity contribution < 1.29 is 4.43 Å². The maximum absolute atomic E-state index is 6.42. The maximum atomic E-state index is 6.42. The first-order chi connectivity index (χ1) is 9.10. The molecule has 1 saturated heterocycles. The average Bonchev–Trinajstić information content (AvgIpc) is 2.90. The molecule has 20 heavy (non-hydrogen) atoms. The molecule has 1 aliphatic heterocycles. The second kappa shape index (κ2) is 5.58. The van der Waals surface area contributed by atoms with E-state index in [1.165, 1.54) is 30.7 Å². The first-order valence-electron chi connectivity index (χ1n) is 8.11. The van der Waals surface area contributed by atoms with Crippen LogP contribution in [-0.4, -0.2) is 39.5 Å². The van der Waals surface area contributed by atoms with Crippen LogP contribution in [0, 0.1) is 11.8 Å². The van der Waals surface area contributed by atoms with Gasteiger partial charge in [-0.25, -0.2) is 0 Å². The van der Waals surface area contributed by atoms with Crippen molar-refractivity contribution in [3.63, 3.8) is 0 Å². The highest BCUT2D eigenvalue weighted by molar-refractivity contribution is 6.74. The molecule has 1 saturated carbocycles. The first kappa shape index (κ1) is 16.3. The van der Waals surface area contributed by atoms with Crippen molar-refractivity contribution >= 4 is 8.32 Å². The van der Waals surface area contributed by atoms with Crippen LogP contribution in [0.4, 0.5) is 0 Å². The Labute approximate surface area is 126 Å². The number of hydrogen-bond donors (Lipinski definition) is 0. The van der Waals surface area contributed by atoms with Gasteiger partial charge in [0, 0.05) is 19.6 Å². The van der Waals surface area contributed by atoms with Gasteiger partial charge in [0.05, 0.1) is 6.61 Å². The Balaban J connectivity index is 1.89. The largest absolute Gasteiger partial charge is 0.413 e. The van der Waals surface area contributed by atoms with Crippen LogP contribution in [0.1, 0.15) is 41.0 Å². The molecule has 1 heterocycles. The Bertz CT molecular complexity index is 380. The SMILES string of the molecule is CC(C)=C(CO[Si](C)(C)C(C)(C)C)CN1CC2CC2C1. The summed E-state index contributed by atoms with van der Waals surface area (Å²) in [6.45, 7) is 20.7. The molecule has 2 rings (SSSR count). The van der Waals surface area contributed by atoms with Gasteiger partial charge in [-0.3, -0.25) is 4.90 Å². The van der Waals surface area contributed by atoms with E-state index in [4.69, 9.17) is 4.43 Å². The Morgan fingerprint density at radius 3 is 2.15 bits per heavy atom. The van der Waals surface area contributed by atoms with E-state index >= 15 is 0 Å². The highest BCUT2D eigenvalue weighted by Crippen LogP contribution is 2.45. The van der Waals surface area contributed by atoms with Crippen LogP contribution in [0.5, 0.6) is 0 Å². The Morgan fingerprint density at radius 2 is 1.70 bits per heavy atom. The summed E-state index contributed by atoms with van der Waals surface area (Å²) in [6.07, 6.45) is 1.49. The third-order valence-electron chi connectivity index (χ3n) is 5.59. The molecule has 2 unspecified atom stereocenters. The molecular formula is C17H33NOSi. The molecule has 116 valence electrons. The van der Waals surface area contributed by atoms with E-state index in [9.17, 15) is 0 Å². The fourth-order valence-electron chi connectivity index (χ4n) is 2.73. The highest BCUT2D eigenvalue weighted by atomic mass is 28.4. The van der Waals surface area contributed by atoms with Crippen LogP contribution in [0.2, 0.25) is 18.1 Å². The number of piperidine rings is 1. The molecule has 0 aromatic rings.